The Kier molecular flexibility index (Phi) is 6.71. The van der Waals surface area contributed by atoms with Crippen molar-refractivity contribution in [2.75, 3.05) is 13.2 Å². The van der Waals surface area contributed by atoms with Gasteiger partial charge in [0.25, 0.3) is 0 Å². The summed E-state index contributed by atoms with van der Waals surface area (Å²) in [5, 5.41) is 2.71. The van der Waals surface area contributed by atoms with E-state index in [0.717, 1.165) is 16.8 Å². The van der Waals surface area contributed by atoms with Crippen molar-refractivity contribution in [3.63, 3.8) is 0 Å². The molecule has 142 valence electrons. The average molecular weight is 494 g/mol. The molecule has 0 spiro atoms. The third-order valence-corrected chi connectivity index (χ3v) is 7.04. The van der Waals surface area contributed by atoms with Crippen LogP contribution in [0, 0.1) is 0 Å². The molecule has 0 heterocycles. The van der Waals surface area contributed by atoms with E-state index in [1.54, 1.807) is 0 Å². The number of carbonyl (C=O) groups excluding carboxylic acids is 1. The minimum absolute atomic E-state index is 0.0520. The summed E-state index contributed by atoms with van der Waals surface area (Å²) in [5.41, 5.74) is 5.50. The number of hydrogen-bond donors (Lipinski definition) is 1. The fourth-order valence-corrected chi connectivity index (χ4v) is 4.48. The van der Waals surface area contributed by atoms with E-state index >= 15 is 0 Å². The topological polar surface area (TPSA) is 50.7 Å². The molecule has 1 amide bonds. The SMILES string of the molecule is CC(C)NC(=O)OCCN=C1c2ccccc2[C@H](Br)[C@@H](Br)c2ccccc21. The lowest BCUT2D eigenvalue weighted by Crippen LogP contribution is -2.31. The van der Waals surface area contributed by atoms with E-state index in [1.807, 2.05) is 38.1 Å². The number of aliphatic imine (C=N–C) groups is 1. The van der Waals surface area contributed by atoms with Gasteiger partial charge in [0.05, 0.1) is 21.9 Å². The van der Waals surface area contributed by atoms with Crippen LogP contribution in [0.3, 0.4) is 0 Å². The predicted octanol–water partition coefficient (Wildman–Crippen LogP) is 5.54. The minimum atomic E-state index is -0.409. The summed E-state index contributed by atoms with van der Waals surface area (Å²) in [5.74, 6) is 0. The Balaban J connectivity index is 1.91. The molecule has 1 aliphatic carbocycles. The van der Waals surface area contributed by atoms with E-state index in [9.17, 15) is 4.79 Å². The number of alkyl carbamates (subject to hydrolysis) is 1. The summed E-state index contributed by atoms with van der Waals surface area (Å²) in [6.45, 7) is 4.44. The number of alkyl halides is 2. The first-order valence-electron chi connectivity index (χ1n) is 8.93. The Morgan fingerprint density at radius 2 is 1.56 bits per heavy atom. The Hall–Kier alpha value is -1.66. The first-order valence-corrected chi connectivity index (χ1v) is 10.8. The van der Waals surface area contributed by atoms with Crippen molar-refractivity contribution < 1.29 is 9.53 Å². The molecule has 0 saturated heterocycles. The highest BCUT2D eigenvalue weighted by Crippen LogP contribution is 2.47. The van der Waals surface area contributed by atoms with Crippen LogP contribution in [0.25, 0.3) is 0 Å². The molecule has 3 rings (SSSR count). The molecule has 0 radical (unpaired) electrons. The highest BCUT2D eigenvalue weighted by atomic mass is 79.9. The van der Waals surface area contributed by atoms with Crippen molar-refractivity contribution in [3.8, 4) is 0 Å². The number of benzene rings is 2. The molecule has 0 unspecified atom stereocenters. The quantitative estimate of drug-likeness (QED) is 0.448. The predicted molar refractivity (Wildman–Crippen MR) is 116 cm³/mol. The zero-order valence-electron chi connectivity index (χ0n) is 15.3. The lowest BCUT2D eigenvalue weighted by molar-refractivity contribution is 0.147. The number of amides is 1. The number of nitrogens with one attached hydrogen (secondary N) is 1. The van der Waals surface area contributed by atoms with E-state index in [4.69, 9.17) is 9.73 Å². The van der Waals surface area contributed by atoms with Gasteiger partial charge in [-0.2, -0.15) is 0 Å². The van der Waals surface area contributed by atoms with Gasteiger partial charge < -0.3 is 10.1 Å². The Morgan fingerprint density at radius 1 is 1.04 bits per heavy atom. The molecule has 2 atom stereocenters. The van der Waals surface area contributed by atoms with Crippen LogP contribution in [0.5, 0.6) is 0 Å². The number of nitrogens with zero attached hydrogens (tertiary/aromatic N) is 1. The molecule has 0 bridgehead atoms. The zero-order valence-corrected chi connectivity index (χ0v) is 18.5. The van der Waals surface area contributed by atoms with E-state index in [1.165, 1.54) is 11.1 Å². The molecule has 27 heavy (non-hydrogen) atoms. The molecule has 2 aromatic rings. The van der Waals surface area contributed by atoms with Gasteiger partial charge in [0.15, 0.2) is 0 Å². The fourth-order valence-electron chi connectivity index (χ4n) is 3.11. The number of fused-ring (bicyclic) bond motifs is 2. The second-order valence-electron chi connectivity index (χ2n) is 6.64. The van der Waals surface area contributed by atoms with Crippen LogP contribution in [0.1, 0.15) is 45.8 Å². The molecule has 1 aliphatic rings. The maximum atomic E-state index is 11.6. The highest BCUT2D eigenvalue weighted by Gasteiger charge is 2.30. The van der Waals surface area contributed by atoms with Gasteiger partial charge in [-0.15, -0.1) is 0 Å². The molecule has 4 nitrogen and oxygen atoms in total. The molecule has 2 aromatic carbocycles. The molecule has 0 fully saturated rings. The molecular weight excluding hydrogens is 472 g/mol. The normalized spacial score (nSPS) is 18.3. The largest absolute Gasteiger partial charge is 0.448 e. The van der Waals surface area contributed by atoms with Crippen LogP contribution >= 0.6 is 31.9 Å². The van der Waals surface area contributed by atoms with Gasteiger partial charge >= 0.3 is 6.09 Å². The molecular formula is C21H22Br2N2O2. The van der Waals surface area contributed by atoms with Crippen molar-refractivity contribution in [1.29, 1.82) is 0 Å². The van der Waals surface area contributed by atoms with E-state index in [-0.39, 0.29) is 22.3 Å². The first-order chi connectivity index (χ1) is 13.0. The van der Waals surface area contributed by atoms with Gasteiger partial charge in [0, 0.05) is 17.2 Å². The zero-order chi connectivity index (χ0) is 19.4. The molecule has 0 saturated carbocycles. The Morgan fingerprint density at radius 3 is 2.07 bits per heavy atom. The van der Waals surface area contributed by atoms with Crippen LogP contribution in [0.4, 0.5) is 4.79 Å². The third-order valence-electron chi connectivity index (χ3n) is 4.28. The lowest BCUT2D eigenvalue weighted by atomic mass is 9.98. The van der Waals surface area contributed by atoms with Crippen molar-refractivity contribution in [2.24, 2.45) is 4.99 Å². The van der Waals surface area contributed by atoms with Gasteiger partial charge in [-0.1, -0.05) is 80.4 Å². The van der Waals surface area contributed by atoms with Crippen LogP contribution in [-0.2, 0) is 4.74 Å². The maximum Gasteiger partial charge on any atom is 0.407 e. The Bertz CT molecular complexity index is 798. The number of halogens is 2. The standard InChI is InChI=1S/C21H22Br2N2O2/c1-13(2)25-21(26)27-12-11-24-20-16-9-5-3-7-14(16)18(22)19(23)15-8-4-6-10-17(15)20/h3-10,13,18-19H,11-12H2,1-2H3,(H,25,26)/t18-,19-/m0/s1. The van der Waals surface area contributed by atoms with Crippen LogP contribution < -0.4 is 5.32 Å². The van der Waals surface area contributed by atoms with Gasteiger partial charge in [-0.3, -0.25) is 4.99 Å². The number of rotatable bonds is 4. The number of ether oxygens (including phenoxy) is 1. The Labute approximate surface area is 176 Å². The van der Waals surface area contributed by atoms with Crippen LogP contribution in [0.15, 0.2) is 53.5 Å². The van der Waals surface area contributed by atoms with Gasteiger partial charge in [-0.25, -0.2) is 4.79 Å². The smallest absolute Gasteiger partial charge is 0.407 e. The summed E-state index contributed by atoms with van der Waals surface area (Å²) in [7, 11) is 0. The summed E-state index contributed by atoms with van der Waals surface area (Å²) in [4.78, 5) is 16.7. The van der Waals surface area contributed by atoms with Gasteiger partial charge in [0.1, 0.15) is 6.61 Å². The summed E-state index contributed by atoms with van der Waals surface area (Å²) in [6, 6.07) is 16.6. The van der Waals surface area contributed by atoms with E-state index in [2.05, 4.69) is 61.4 Å². The number of hydrogen-bond acceptors (Lipinski definition) is 3. The minimum Gasteiger partial charge on any atom is -0.448 e. The summed E-state index contributed by atoms with van der Waals surface area (Å²) < 4.78 is 5.22. The summed E-state index contributed by atoms with van der Waals surface area (Å²) >= 11 is 7.69. The van der Waals surface area contributed by atoms with E-state index < -0.39 is 6.09 Å². The van der Waals surface area contributed by atoms with Crippen LogP contribution in [0.2, 0.25) is 0 Å². The first kappa shape index (κ1) is 20.1. The fraction of sp³-hybridized carbons (Fsp3) is 0.333. The van der Waals surface area contributed by atoms with Crippen molar-refractivity contribution in [1.82, 2.24) is 5.32 Å². The van der Waals surface area contributed by atoms with Gasteiger partial charge in [-0.05, 0) is 25.0 Å². The second kappa shape index (κ2) is 9.02. The van der Waals surface area contributed by atoms with Crippen molar-refractivity contribution in [3.05, 3.63) is 70.8 Å². The van der Waals surface area contributed by atoms with E-state index in [0.29, 0.717) is 6.54 Å². The second-order valence-corrected chi connectivity index (χ2v) is 8.62. The molecule has 1 N–H and O–H groups in total. The van der Waals surface area contributed by atoms with Crippen molar-refractivity contribution in [2.45, 2.75) is 29.5 Å². The van der Waals surface area contributed by atoms with Crippen LogP contribution in [-0.4, -0.2) is 31.0 Å². The molecule has 0 aromatic heterocycles. The maximum absolute atomic E-state index is 11.6. The number of carbonyl (C=O) groups is 1. The van der Waals surface area contributed by atoms with Crippen molar-refractivity contribution >= 4 is 43.7 Å². The molecule has 0 aliphatic heterocycles. The lowest BCUT2D eigenvalue weighted by Gasteiger charge is -2.16. The monoisotopic (exact) mass is 492 g/mol. The average Bonchev–Trinajstić information content (AvgIpc) is 2.74. The van der Waals surface area contributed by atoms with Gasteiger partial charge in [0.2, 0.25) is 0 Å². The third kappa shape index (κ3) is 4.61. The highest BCUT2D eigenvalue weighted by molar-refractivity contribution is 9.12. The molecule has 6 heteroatoms. The summed E-state index contributed by atoms with van der Waals surface area (Å²) in [6.07, 6.45) is -0.409.